The van der Waals surface area contributed by atoms with Gasteiger partial charge in [0, 0.05) is 24.9 Å². The summed E-state index contributed by atoms with van der Waals surface area (Å²) in [7, 11) is 2.03. The fourth-order valence-electron chi connectivity index (χ4n) is 2.59. The zero-order chi connectivity index (χ0) is 12.7. The van der Waals surface area contributed by atoms with E-state index in [0.29, 0.717) is 17.2 Å². The molecule has 2 aromatic heterocycles. The van der Waals surface area contributed by atoms with Crippen LogP contribution < -0.4 is 10.6 Å². The number of anilines is 2. The molecule has 1 fully saturated rings. The van der Waals surface area contributed by atoms with Gasteiger partial charge in [-0.25, -0.2) is 9.07 Å². The van der Waals surface area contributed by atoms with Crippen LogP contribution in [0, 0.1) is 0 Å². The Morgan fingerprint density at radius 2 is 2.11 bits per heavy atom. The Balaban J connectivity index is 2.09. The highest BCUT2D eigenvalue weighted by Gasteiger charge is 2.24. The number of fused-ring (bicyclic) bond motifs is 1. The molecule has 18 heavy (non-hydrogen) atoms. The van der Waals surface area contributed by atoms with Crippen LogP contribution in [0.15, 0.2) is 6.33 Å². The summed E-state index contributed by atoms with van der Waals surface area (Å²) in [5.74, 6) is 0.994. The smallest absolute Gasteiger partial charge is 0.224 e. The number of nitrogens with zero attached hydrogens (tertiary/aromatic N) is 5. The van der Waals surface area contributed by atoms with Crippen molar-refractivity contribution in [3.8, 4) is 0 Å². The monoisotopic (exact) mass is 266 g/mol. The second kappa shape index (κ2) is 4.28. The number of halogens is 1. The SMILES string of the molecule is CN(c1nc(N)nc2c1ncn2Cl)C1CCCC1. The molecule has 0 unspecified atom stereocenters. The van der Waals surface area contributed by atoms with E-state index in [4.69, 9.17) is 17.5 Å². The van der Waals surface area contributed by atoms with Crippen molar-refractivity contribution in [2.24, 2.45) is 0 Å². The van der Waals surface area contributed by atoms with Crippen molar-refractivity contribution >= 4 is 34.7 Å². The maximum absolute atomic E-state index is 5.97. The topological polar surface area (TPSA) is 72.9 Å². The van der Waals surface area contributed by atoms with Gasteiger partial charge in [-0.05, 0) is 12.8 Å². The highest BCUT2D eigenvalue weighted by Crippen LogP contribution is 2.30. The van der Waals surface area contributed by atoms with E-state index in [1.54, 1.807) is 0 Å². The lowest BCUT2D eigenvalue weighted by atomic mass is 10.2. The molecule has 3 rings (SSSR count). The minimum absolute atomic E-state index is 0.227. The third kappa shape index (κ3) is 1.77. The average molecular weight is 267 g/mol. The molecular weight excluding hydrogens is 252 g/mol. The molecule has 0 saturated heterocycles. The largest absolute Gasteiger partial charge is 0.368 e. The number of hydrogen-bond donors (Lipinski definition) is 1. The maximum Gasteiger partial charge on any atom is 0.224 e. The molecule has 0 aromatic carbocycles. The standard InChI is InChI=1S/C11H15ClN6/c1-17(7-4-2-3-5-7)9-8-10(16-11(13)15-9)18(12)6-14-8/h6-7H,2-5H2,1H3,(H2,13,15,16). The Hall–Kier alpha value is -1.56. The van der Waals surface area contributed by atoms with Crippen molar-refractivity contribution in [1.29, 1.82) is 0 Å². The fourth-order valence-corrected chi connectivity index (χ4v) is 2.75. The van der Waals surface area contributed by atoms with Crippen molar-refractivity contribution in [3.05, 3.63) is 6.33 Å². The molecule has 7 heteroatoms. The predicted octanol–water partition coefficient (Wildman–Crippen LogP) is 1.79. The minimum Gasteiger partial charge on any atom is -0.368 e. The first kappa shape index (κ1) is 11.5. The molecule has 0 spiro atoms. The van der Waals surface area contributed by atoms with Gasteiger partial charge < -0.3 is 10.6 Å². The summed E-state index contributed by atoms with van der Waals surface area (Å²) in [5, 5.41) is 0. The highest BCUT2D eigenvalue weighted by atomic mass is 35.5. The zero-order valence-electron chi connectivity index (χ0n) is 10.2. The molecule has 1 aliphatic rings. The van der Waals surface area contributed by atoms with Crippen LogP contribution in [0.4, 0.5) is 11.8 Å². The molecule has 6 nitrogen and oxygen atoms in total. The van der Waals surface area contributed by atoms with Crippen molar-refractivity contribution in [2.75, 3.05) is 17.7 Å². The molecular formula is C11H15ClN6. The van der Waals surface area contributed by atoms with Gasteiger partial charge in [-0.3, -0.25) is 0 Å². The second-order valence-corrected chi connectivity index (χ2v) is 5.05. The number of aromatic nitrogens is 4. The molecule has 2 aromatic rings. The maximum atomic E-state index is 5.97. The van der Waals surface area contributed by atoms with Crippen LogP contribution in [0.5, 0.6) is 0 Å². The Bertz CT molecular complexity index is 574. The van der Waals surface area contributed by atoms with Gasteiger partial charge in [-0.2, -0.15) is 9.97 Å². The average Bonchev–Trinajstić information content (AvgIpc) is 2.98. The van der Waals surface area contributed by atoms with E-state index in [1.807, 2.05) is 7.05 Å². The molecule has 0 aliphatic heterocycles. The summed E-state index contributed by atoms with van der Waals surface area (Å²) in [4.78, 5) is 14.8. The van der Waals surface area contributed by atoms with E-state index in [9.17, 15) is 0 Å². The summed E-state index contributed by atoms with van der Waals surface area (Å²) in [6.07, 6.45) is 6.42. The van der Waals surface area contributed by atoms with Crippen molar-refractivity contribution in [2.45, 2.75) is 31.7 Å². The van der Waals surface area contributed by atoms with Gasteiger partial charge in [0.1, 0.15) is 6.33 Å². The molecule has 0 amide bonds. The Morgan fingerprint density at radius 3 is 2.83 bits per heavy atom. The lowest BCUT2D eigenvalue weighted by Gasteiger charge is -2.25. The van der Waals surface area contributed by atoms with Crippen LogP contribution >= 0.6 is 11.8 Å². The number of imidazole rings is 1. The van der Waals surface area contributed by atoms with Crippen LogP contribution in [0.1, 0.15) is 25.7 Å². The Kier molecular flexibility index (Phi) is 2.74. The predicted molar refractivity (Wildman–Crippen MR) is 71.6 cm³/mol. The Morgan fingerprint density at radius 1 is 1.39 bits per heavy atom. The lowest BCUT2D eigenvalue weighted by Crippen LogP contribution is -2.30. The molecule has 1 saturated carbocycles. The third-order valence-corrected chi connectivity index (χ3v) is 3.81. The number of rotatable bonds is 2. The molecule has 1 aliphatic carbocycles. The summed E-state index contributed by atoms with van der Waals surface area (Å²) >= 11 is 5.97. The quantitative estimate of drug-likeness (QED) is 0.897. The van der Waals surface area contributed by atoms with Crippen LogP contribution in [0.3, 0.4) is 0 Å². The molecule has 2 N–H and O–H groups in total. The van der Waals surface area contributed by atoms with E-state index in [1.165, 1.54) is 36.1 Å². The van der Waals surface area contributed by atoms with Crippen molar-refractivity contribution < 1.29 is 0 Å². The first-order chi connectivity index (χ1) is 8.66. The van der Waals surface area contributed by atoms with Crippen LogP contribution in [0.2, 0.25) is 0 Å². The van der Waals surface area contributed by atoms with E-state index in [0.717, 1.165) is 5.82 Å². The molecule has 96 valence electrons. The minimum atomic E-state index is 0.227. The lowest BCUT2D eigenvalue weighted by molar-refractivity contribution is 0.648. The summed E-state index contributed by atoms with van der Waals surface area (Å²) in [5.41, 5.74) is 7.00. The summed E-state index contributed by atoms with van der Waals surface area (Å²) < 4.78 is 1.35. The zero-order valence-corrected chi connectivity index (χ0v) is 10.9. The number of hydrogen-bond acceptors (Lipinski definition) is 5. The fraction of sp³-hybridized carbons (Fsp3) is 0.545. The van der Waals surface area contributed by atoms with E-state index < -0.39 is 0 Å². The number of nitrogen functional groups attached to an aromatic ring is 1. The first-order valence-corrected chi connectivity index (χ1v) is 6.40. The van der Waals surface area contributed by atoms with E-state index >= 15 is 0 Å². The van der Waals surface area contributed by atoms with Gasteiger partial charge in [0.2, 0.25) is 5.95 Å². The van der Waals surface area contributed by atoms with Gasteiger partial charge in [-0.15, -0.1) is 0 Å². The second-order valence-electron chi connectivity index (χ2n) is 4.68. The Labute approximate surface area is 110 Å². The normalized spacial score (nSPS) is 16.6. The van der Waals surface area contributed by atoms with Crippen LogP contribution in [-0.4, -0.2) is 32.1 Å². The van der Waals surface area contributed by atoms with Gasteiger partial charge >= 0.3 is 0 Å². The van der Waals surface area contributed by atoms with Crippen molar-refractivity contribution in [1.82, 2.24) is 19.0 Å². The molecule has 0 atom stereocenters. The molecule has 2 heterocycles. The van der Waals surface area contributed by atoms with E-state index in [2.05, 4.69) is 19.9 Å². The van der Waals surface area contributed by atoms with Gasteiger partial charge in [0.25, 0.3) is 0 Å². The van der Waals surface area contributed by atoms with Crippen LogP contribution in [-0.2, 0) is 0 Å². The van der Waals surface area contributed by atoms with Gasteiger partial charge in [0.05, 0.1) is 0 Å². The van der Waals surface area contributed by atoms with Crippen LogP contribution in [0.25, 0.3) is 11.2 Å². The third-order valence-electron chi connectivity index (χ3n) is 3.56. The number of nitrogens with two attached hydrogens (primary N) is 1. The first-order valence-electron chi connectivity index (χ1n) is 6.06. The summed E-state index contributed by atoms with van der Waals surface area (Å²) in [6, 6.07) is 0.503. The summed E-state index contributed by atoms with van der Waals surface area (Å²) in [6.45, 7) is 0. The highest BCUT2D eigenvalue weighted by molar-refractivity contribution is 6.18. The molecule has 0 bridgehead atoms. The molecule has 0 radical (unpaired) electrons. The van der Waals surface area contributed by atoms with Crippen molar-refractivity contribution in [3.63, 3.8) is 0 Å². The van der Waals surface area contributed by atoms with Gasteiger partial charge in [-0.1, -0.05) is 12.8 Å². The van der Waals surface area contributed by atoms with Gasteiger partial charge in [0.15, 0.2) is 17.0 Å². The van der Waals surface area contributed by atoms with E-state index in [-0.39, 0.29) is 5.95 Å².